The van der Waals surface area contributed by atoms with Gasteiger partial charge in [-0.2, -0.15) is 11.8 Å². The highest BCUT2D eigenvalue weighted by Gasteiger charge is 2.21. The van der Waals surface area contributed by atoms with Crippen LogP contribution in [0.5, 0.6) is 0 Å². The number of allylic oxidation sites excluding steroid dienone is 2. The van der Waals surface area contributed by atoms with Crippen LogP contribution in [0.4, 0.5) is 9.39 Å². The number of carbonyl (C=O) groups is 1. The number of rotatable bonds is 12. The Morgan fingerprint density at radius 3 is 3.00 bits per heavy atom. The van der Waals surface area contributed by atoms with Gasteiger partial charge in [-0.25, -0.2) is 9.37 Å². The maximum Gasteiger partial charge on any atom is 0.229 e. The molecule has 1 atom stereocenters. The van der Waals surface area contributed by atoms with Crippen molar-refractivity contribution < 1.29 is 9.18 Å². The molecule has 1 rings (SSSR count). The van der Waals surface area contributed by atoms with Crippen LogP contribution in [0.2, 0.25) is 5.15 Å². The summed E-state index contributed by atoms with van der Waals surface area (Å²) in [7, 11) is 1.58. The van der Waals surface area contributed by atoms with Gasteiger partial charge in [0.25, 0.3) is 0 Å². The lowest BCUT2D eigenvalue weighted by molar-refractivity contribution is -0.118. The van der Waals surface area contributed by atoms with Crippen LogP contribution in [0.25, 0.3) is 6.08 Å². The number of nitrogens with zero attached hydrogens (tertiary/aromatic N) is 3. The second kappa shape index (κ2) is 14.4. The molecule has 0 spiro atoms. The summed E-state index contributed by atoms with van der Waals surface area (Å²) in [4.78, 5) is 22.3. The average molecular weight is 443 g/mol. The van der Waals surface area contributed by atoms with Gasteiger partial charge < -0.3 is 0 Å². The van der Waals surface area contributed by atoms with Crippen LogP contribution >= 0.6 is 34.7 Å². The van der Waals surface area contributed by atoms with Crippen LogP contribution in [-0.4, -0.2) is 48.5 Å². The molecule has 1 aromatic rings. The molecule has 0 aliphatic rings. The highest BCUT2D eigenvalue weighted by Crippen LogP contribution is 2.33. The molecule has 0 aliphatic carbocycles. The van der Waals surface area contributed by atoms with Crippen molar-refractivity contribution in [3.63, 3.8) is 0 Å². The molecular weight excluding hydrogens is 419 g/mol. The van der Waals surface area contributed by atoms with Crippen LogP contribution in [0, 0.1) is 12.3 Å². The van der Waals surface area contributed by atoms with Gasteiger partial charge in [-0.1, -0.05) is 34.9 Å². The zero-order chi connectivity index (χ0) is 20.8. The van der Waals surface area contributed by atoms with Gasteiger partial charge in [0.2, 0.25) is 5.91 Å². The fraction of sp³-hybridized carbons (Fsp3) is 0.421. The molecule has 1 unspecified atom stereocenters. The van der Waals surface area contributed by atoms with Gasteiger partial charge in [0.15, 0.2) is 11.4 Å². The number of hydrogen-bond acceptors (Lipinski definition) is 6. The van der Waals surface area contributed by atoms with Crippen LogP contribution in [0.3, 0.4) is 0 Å². The number of thiazole rings is 1. The van der Waals surface area contributed by atoms with Crippen LogP contribution in [0.15, 0.2) is 23.3 Å². The highest BCUT2D eigenvalue weighted by molar-refractivity contribution is 7.99. The van der Waals surface area contributed by atoms with Crippen molar-refractivity contribution in [1.82, 2.24) is 10.3 Å². The van der Waals surface area contributed by atoms with Crippen molar-refractivity contribution in [3.8, 4) is 12.3 Å². The Labute approximate surface area is 179 Å². The van der Waals surface area contributed by atoms with E-state index >= 15 is 0 Å². The summed E-state index contributed by atoms with van der Waals surface area (Å²) in [5, 5.41) is 3.98. The van der Waals surface area contributed by atoms with E-state index in [1.54, 1.807) is 37.7 Å². The SMILES string of the molecule is C#CCN(C(=O)CCSCCC(F)NC)c1sc(/C=C/C=C\N=CC)nc1Cl. The molecule has 0 radical (unpaired) electrons. The van der Waals surface area contributed by atoms with Gasteiger partial charge in [0.05, 0.1) is 6.54 Å². The van der Waals surface area contributed by atoms with Crippen LogP contribution in [-0.2, 0) is 4.79 Å². The van der Waals surface area contributed by atoms with Crippen molar-refractivity contribution in [3.05, 3.63) is 28.5 Å². The Balaban J connectivity index is 2.69. The van der Waals surface area contributed by atoms with Gasteiger partial charge in [-0.15, -0.1) is 6.42 Å². The minimum atomic E-state index is -1.02. The predicted octanol–water partition coefficient (Wildman–Crippen LogP) is 4.41. The van der Waals surface area contributed by atoms with Crippen LogP contribution in [0.1, 0.15) is 24.8 Å². The molecule has 9 heteroatoms. The number of thioether (sulfide) groups is 1. The monoisotopic (exact) mass is 442 g/mol. The van der Waals surface area contributed by atoms with Crippen molar-refractivity contribution in [2.24, 2.45) is 4.99 Å². The number of aliphatic imine (C=N–C) groups is 1. The number of aromatic nitrogens is 1. The standard InChI is InChI=1S/C19H24ClFN4OS2/c1-4-12-25(17(26)10-14-27-13-9-15(21)22-3)19-18(20)24-16(28-19)8-6-7-11-23-5-2/h1,5-8,11,15,22H,9-10,12-14H2,2-3H3/b8-6+,11-7-,23-5?. The number of hydrogen-bond donors (Lipinski definition) is 1. The molecule has 28 heavy (non-hydrogen) atoms. The van der Waals surface area contributed by atoms with E-state index in [0.717, 1.165) is 0 Å². The number of halogens is 2. The number of nitrogens with one attached hydrogen (secondary N) is 1. The molecule has 0 saturated carbocycles. The summed E-state index contributed by atoms with van der Waals surface area (Å²) in [6.45, 7) is 1.95. The zero-order valence-corrected chi connectivity index (χ0v) is 18.3. The minimum absolute atomic E-state index is 0.117. The van der Waals surface area contributed by atoms with E-state index in [9.17, 15) is 9.18 Å². The average Bonchev–Trinajstić information content (AvgIpc) is 3.05. The van der Waals surface area contributed by atoms with E-state index in [1.165, 1.54) is 28.0 Å². The van der Waals surface area contributed by atoms with E-state index in [0.29, 0.717) is 34.4 Å². The topological polar surface area (TPSA) is 57.6 Å². The summed E-state index contributed by atoms with van der Waals surface area (Å²) < 4.78 is 13.1. The van der Waals surface area contributed by atoms with E-state index in [2.05, 4.69) is 21.2 Å². The number of amides is 1. The number of terminal acetylenes is 1. The minimum Gasteiger partial charge on any atom is -0.291 e. The molecule has 152 valence electrons. The number of carbonyl (C=O) groups excluding carboxylic acids is 1. The van der Waals surface area contributed by atoms with Gasteiger partial charge in [0.1, 0.15) is 10.0 Å². The van der Waals surface area contributed by atoms with Crippen molar-refractivity contribution in [2.75, 3.05) is 30.0 Å². The Kier molecular flexibility index (Phi) is 12.5. The Hall–Kier alpha value is -1.66. The maximum absolute atomic E-state index is 13.1. The highest BCUT2D eigenvalue weighted by atomic mass is 35.5. The maximum atomic E-state index is 13.1. The Morgan fingerprint density at radius 1 is 1.54 bits per heavy atom. The predicted molar refractivity (Wildman–Crippen MR) is 121 cm³/mol. The lowest BCUT2D eigenvalue weighted by Crippen LogP contribution is -2.31. The Morgan fingerprint density at radius 2 is 2.32 bits per heavy atom. The first-order valence-corrected chi connectivity index (χ1v) is 11.0. The summed E-state index contributed by atoms with van der Waals surface area (Å²) in [6.07, 6.45) is 13.8. The summed E-state index contributed by atoms with van der Waals surface area (Å²) in [6, 6.07) is 0. The number of alkyl halides is 1. The molecule has 1 heterocycles. The summed E-state index contributed by atoms with van der Waals surface area (Å²) in [5.74, 6) is 3.58. The third kappa shape index (κ3) is 9.02. The lowest BCUT2D eigenvalue weighted by atomic mass is 10.4. The fourth-order valence-electron chi connectivity index (χ4n) is 1.96. The van der Waals surface area contributed by atoms with Gasteiger partial charge in [-0.3, -0.25) is 20.0 Å². The first-order valence-electron chi connectivity index (χ1n) is 8.63. The van der Waals surface area contributed by atoms with E-state index in [1.807, 2.05) is 6.92 Å². The molecule has 0 saturated heterocycles. The van der Waals surface area contributed by atoms with Gasteiger partial charge >= 0.3 is 0 Å². The van der Waals surface area contributed by atoms with Crippen molar-refractivity contribution >= 4 is 57.9 Å². The molecule has 1 aromatic heterocycles. The number of anilines is 1. The third-order valence-corrected chi connectivity index (χ3v) is 5.78. The lowest BCUT2D eigenvalue weighted by Gasteiger charge is -2.18. The van der Waals surface area contributed by atoms with Gasteiger partial charge in [0, 0.05) is 31.0 Å². The molecule has 0 aromatic carbocycles. The normalized spacial score (nSPS) is 12.8. The third-order valence-electron chi connectivity index (χ3n) is 3.34. The smallest absolute Gasteiger partial charge is 0.229 e. The first kappa shape index (κ1) is 24.4. The first-order chi connectivity index (χ1) is 13.5. The molecule has 0 aliphatic heterocycles. The van der Waals surface area contributed by atoms with E-state index < -0.39 is 6.30 Å². The summed E-state index contributed by atoms with van der Waals surface area (Å²) >= 11 is 9.05. The molecule has 5 nitrogen and oxygen atoms in total. The second-order valence-corrected chi connectivity index (χ2v) is 7.94. The fourth-order valence-corrected chi connectivity index (χ4v) is 4.11. The van der Waals surface area contributed by atoms with Crippen LogP contribution < -0.4 is 10.2 Å². The Bertz CT molecular complexity index is 743. The molecule has 0 fully saturated rings. The second-order valence-electron chi connectivity index (χ2n) is 5.35. The van der Waals surface area contributed by atoms with Crippen molar-refractivity contribution in [2.45, 2.75) is 26.1 Å². The largest absolute Gasteiger partial charge is 0.291 e. The zero-order valence-electron chi connectivity index (χ0n) is 15.9. The van der Waals surface area contributed by atoms with E-state index in [-0.39, 0.29) is 17.6 Å². The molecular formula is C19H24ClFN4OS2. The molecule has 1 amide bonds. The summed E-state index contributed by atoms with van der Waals surface area (Å²) in [5.41, 5.74) is 0. The van der Waals surface area contributed by atoms with Gasteiger partial charge in [-0.05, 0) is 31.9 Å². The quantitative estimate of drug-likeness (QED) is 0.171. The molecule has 0 bridgehead atoms. The molecule has 1 N–H and O–H groups in total. The van der Waals surface area contributed by atoms with E-state index in [4.69, 9.17) is 18.0 Å². The van der Waals surface area contributed by atoms with Crippen molar-refractivity contribution in [1.29, 1.82) is 0 Å².